The Balaban J connectivity index is 2.02. The van der Waals surface area contributed by atoms with E-state index >= 15 is 0 Å². The molecule has 0 amide bonds. The molecule has 1 aromatic heterocycles. The maximum atomic E-state index is 11.9. The highest BCUT2D eigenvalue weighted by atomic mass is 32.1. The highest BCUT2D eigenvalue weighted by Crippen LogP contribution is 2.25. The van der Waals surface area contributed by atoms with Gasteiger partial charge in [-0.3, -0.25) is 0 Å². The van der Waals surface area contributed by atoms with Crippen molar-refractivity contribution in [1.82, 2.24) is 4.37 Å². The summed E-state index contributed by atoms with van der Waals surface area (Å²) < 4.78 is 9.49. The van der Waals surface area contributed by atoms with Crippen molar-refractivity contribution in [3.05, 3.63) is 11.3 Å². The number of carbonyl (C=O) groups excluding carboxylic acids is 1. The molecule has 0 saturated heterocycles. The number of hydrogen-bond acceptors (Lipinski definition) is 5. The van der Waals surface area contributed by atoms with Crippen molar-refractivity contribution in [3.8, 4) is 0 Å². The molecule has 1 aliphatic rings. The van der Waals surface area contributed by atoms with Gasteiger partial charge in [0.2, 0.25) is 0 Å². The zero-order valence-corrected chi connectivity index (χ0v) is 10.2. The van der Waals surface area contributed by atoms with Gasteiger partial charge < -0.3 is 10.5 Å². The molecule has 5 heteroatoms. The largest absolute Gasteiger partial charge is 0.459 e. The maximum absolute atomic E-state index is 11.9. The minimum atomic E-state index is -0.310. The van der Waals surface area contributed by atoms with Crippen LogP contribution in [0.2, 0.25) is 0 Å². The maximum Gasteiger partial charge on any atom is 0.343 e. The molecule has 0 radical (unpaired) electrons. The smallest absolute Gasteiger partial charge is 0.343 e. The van der Waals surface area contributed by atoms with Crippen LogP contribution in [0.5, 0.6) is 0 Å². The molecule has 0 spiro atoms. The van der Waals surface area contributed by atoms with E-state index in [2.05, 4.69) is 4.37 Å². The molecule has 0 bridgehead atoms. The SMILES string of the molecule is Cc1nsc(N)c1C(=O)OC1CCCCC1. The molecule has 0 aromatic carbocycles. The second-order valence-corrected chi connectivity index (χ2v) is 4.98. The van der Waals surface area contributed by atoms with E-state index in [0.717, 1.165) is 37.2 Å². The van der Waals surface area contributed by atoms with E-state index in [1.54, 1.807) is 6.92 Å². The summed E-state index contributed by atoms with van der Waals surface area (Å²) in [7, 11) is 0. The first-order valence-electron chi connectivity index (χ1n) is 5.61. The molecule has 1 saturated carbocycles. The Morgan fingerprint density at radius 3 is 2.69 bits per heavy atom. The Labute approximate surface area is 99.0 Å². The average molecular weight is 240 g/mol. The van der Waals surface area contributed by atoms with Gasteiger partial charge in [0, 0.05) is 0 Å². The molecule has 0 unspecified atom stereocenters. The molecule has 1 aliphatic carbocycles. The predicted octanol–water partition coefficient (Wildman–Crippen LogP) is 2.52. The molecule has 16 heavy (non-hydrogen) atoms. The quantitative estimate of drug-likeness (QED) is 0.807. The van der Waals surface area contributed by atoms with Gasteiger partial charge in [-0.15, -0.1) is 0 Å². The molecule has 2 rings (SSSR count). The lowest BCUT2D eigenvalue weighted by molar-refractivity contribution is 0.0212. The van der Waals surface area contributed by atoms with Crippen molar-refractivity contribution in [2.24, 2.45) is 0 Å². The van der Waals surface area contributed by atoms with Crippen molar-refractivity contribution < 1.29 is 9.53 Å². The van der Waals surface area contributed by atoms with Gasteiger partial charge in [0.05, 0.1) is 5.69 Å². The molecule has 0 aliphatic heterocycles. The van der Waals surface area contributed by atoms with Gasteiger partial charge in [-0.1, -0.05) is 6.42 Å². The second kappa shape index (κ2) is 4.82. The Bertz CT molecular complexity index is 364. The van der Waals surface area contributed by atoms with E-state index in [0.29, 0.717) is 16.3 Å². The van der Waals surface area contributed by atoms with Crippen LogP contribution in [0.3, 0.4) is 0 Å². The number of nitrogens with zero attached hydrogens (tertiary/aromatic N) is 1. The Hall–Kier alpha value is -1.10. The normalized spacial score (nSPS) is 17.3. The van der Waals surface area contributed by atoms with Crippen molar-refractivity contribution in [2.75, 3.05) is 5.73 Å². The average Bonchev–Trinajstić information content (AvgIpc) is 2.60. The van der Waals surface area contributed by atoms with Crippen LogP contribution in [0.15, 0.2) is 0 Å². The molecule has 1 heterocycles. The summed E-state index contributed by atoms with van der Waals surface area (Å²) in [6.45, 7) is 1.78. The monoisotopic (exact) mass is 240 g/mol. The summed E-state index contributed by atoms with van der Waals surface area (Å²) in [5.41, 5.74) is 6.83. The lowest BCUT2D eigenvalue weighted by atomic mass is 9.98. The second-order valence-electron chi connectivity index (χ2n) is 4.17. The van der Waals surface area contributed by atoms with Gasteiger partial charge in [-0.05, 0) is 44.1 Å². The molecular formula is C11H16N2O2S. The van der Waals surface area contributed by atoms with Crippen LogP contribution in [-0.4, -0.2) is 16.4 Å². The molecule has 1 fully saturated rings. The third-order valence-electron chi connectivity index (χ3n) is 2.92. The lowest BCUT2D eigenvalue weighted by Gasteiger charge is -2.21. The number of aryl methyl sites for hydroxylation is 1. The first-order valence-corrected chi connectivity index (χ1v) is 6.38. The fraction of sp³-hybridized carbons (Fsp3) is 0.636. The fourth-order valence-corrected chi connectivity index (χ4v) is 2.68. The van der Waals surface area contributed by atoms with Crippen LogP contribution in [0.4, 0.5) is 5.00 Å². The number of anilines is 1. The van der Waals surface area contributed by atoms with Gasteiger partial charge >= 0.3 is 5.97 Å². The molecular weight excluding hydrogens is 224 g/mol. The first-order chi connectivity index (χ1) is 7.68. The third-order valence-corrected chi connectivity index (χ3v) is 3.69. The summed E-state index contributed by atoms with van der Waals surface area (Å²) in [4.78, 5) is 11.9. The zero-order chi connectivity index (χ0) is 11.5. The van der Waals surface area contributed by atoms with Crippen LogP contribution >= 0.6 is 11.5 Å². The van der Waals surface area contributed by atoms with Crippen LogP contribution in [-0.2, 0) is 4.74 Å². The molecule has 2 N–H and O–H groups in total. The lowest BCUT2D eigenvalue weighted by Crippen LogP contribution is -2.21. The number of aromatic nitrogens is 1. The van der Waals surface area contributed by atoms with Crippen LogP contribution in [0.25, 0.3) is 0 Å². The number of nitrogens with two attached hydrogens (primary N) is 1. The number of nitrogen functional groups attached to an aromatic ring is 1. The number of ether oxygens (including phenoxy) is 1. The fourth-order valence-electron chi connectivity index (χ4n) is 2.03. The van der Waals surface area contributed by atoms with E-state index in [-0.39, 0.29) is 12.1 Å². The Kier molecular flexibility index (Phi) is 3.43. The molecule has 0 atom stereocenters. The van der Waals surface area contributed by atoms with Gasteiger partial charge in [0.25, 0.3) is 0 Å². The third kappa shape index (κ3) is 2.35. The standard InChI is InChI=1S/C11H16N2O2S/c1-7-9(10(12)16-13-7)11(14)15-8-5-3-2-4-6-8/h8H,2-6,12H2,1H3. The van der Waals surface area contributed by atoms with Gasteiger partial charge in [-0.25, -0.2) is 4.79 Å². The zero-order valence-electron chi connectivity index (χ0n) is 9.36. The Morgan fingerprint density at radius 2 is 2.12 bits per heavy atom. The number of esters is 1. The van der Waals surface area contributed by atoms with E-state index in [4.69, 9.17) is 10.5 Å². The summed E-state index contributed by atoms with van der Waals surface area (Å²) in [6, 6.07) is 0. The summed E-state index contributed by atoms with van der Waals surface area (Å²) in [5, 5.41) is 0.457. The highest BCUT2D eigenvalue weighted by molar-refractivity contribution is 7.10. The summed E-state index contributed by atoms with van der Waals surface area (Å²) in [6.07, 6.45) is 5.56. The van der Waals surface area contributed by atoms with Crippen LogP contribution in [0, 0.1) is 6.92 Å². The molecule has 88 valence electrons. The van der Waals surface area contributed by atoms with E-state index < -0.39 is 0 Å². The van der Waals surface area contributed by atoms with Gasteiger partial charge in [0.15, 0.2) is 0 Å². The highest BCUT2D eigenvalue weighted by Gasteiger charge is 2.23. The minimum Gasteiger partial charge on any atom is -0.459 e. The number of carbonyl (C=O) groups is 1. The minimum absolute atomic E-state index is 0.0694. The van der Waals surface area contributed by atoms with Crippen molar-refractivity contribution >= 4 is 22.5 Å². The number of rotatable bonds is 2. The van der Waals surface area contributed by atoms with Crippen LogP contribution in [0.1, 0.15) is 48.2 Å². The van der Waals surface area contributed by atoms with Crippen molar-refractivity contribution in [2.45, 2.75) is 45.1 Å². The first kappa shape index (κ1) is 11.4. The van der Waals surface area contributed by atoms with E-state index in [1.807, 2.05) is 0 Å². The van der Waals surface area contributed by atoms with Crippen LogP contribution < -0.4 is 5.73 Å². The van der Waals surface area contributed by atoms with Gasteiger partial charge in [0.1, 0.15) is 16.7 Å². The van der Waals surface area contributed by atoms with E-state index in [9.17, 15) is 4.79 Å². The topological polar surface area (TPSA) is 65.2 Å². The van der Waals surface area contributed by atoms with Crippen molar-refractivity contribution in [3.63, 3.8) is 0 Å². The van der Waals surface area contributed by atoms with Crippen molar-refractivity contribution in [1.29, 1.82) is 0 Å². The summed E-state index contributed by atoms with van der Waals surface area (Å²) >= 11 is 1.15. The van der Waals surface area contributed by atoms with Gasteiger partial charge in [-0.2, -0.15) is 4.37 Å². The number of hydrogen-bond donors (Lipinski definition) is 1. The summed E-state index contributed by atoms with van der Waals surface area (Å²) in [5.74, 6) is -0.310. The molecule has 4 nitrogen and oxygen atoms in total. The predicted molar refractivity (Wildman–Crippen MR) is 63.6 cm³/mol. The van der Waals surface area contributed by atoms with E-state index in [1.165, 1.54) is 6.42 Å². The Morgan fingerprint density at radius 1 is 1.44 bits per heavy atom. The molecule has 1 aromatic rings.